The third kappa shape index (κ3) is 3.89. The molecule has 7 nitrogen and oxygen atoms in total. The molecule has 0 atom stereocenters. The fourth-order valence-electron chi connectivity index (χ4n) is 3.94. The summed E-state index contributed by atoms with van der Waals surface area (Å²) in [6.07, 6.45) is 3.64. The molecule has 0 fully saturated rings. The van der Waals surface area contributed by atoms with Crippen LogP contribution in [0.4, 0.5) is 11.5 Å². The van der Waals surface area contributed by atoms with Crippen molar-refractivity contribution < 1.29 is 0 Å². The summed E-state index contributed by atoms with van der Waals surface area (Å²) in [5.74, 6) is 0.674. The van der Waals surface area contributed by atoms with Gasteiger partial charge in [-0.3, -0.25) is 19.9 Å². The molecule has 0 saturated carbocycles. The molecular weight excluding hydrogens is 412 g/mol. The van der Waals surface area contributed by atoms with Crippen LogP contribution in [0, 0.1) is 20.8 Å². The van der Waals surface area contributed by atoms with Crippen LogP contribution in [0.3, 0.4) is 0 Å². The monoisotopic (exact) mass is 436 g/mol. The lowest BCUT2D eigenvalue weighted by Crippen LogP contribution is -2.19. The molecule has 0 unspecified atom stereocenters. The van der Waals surface area contributed by atoms with Gasteiger partial charge in [0.1, 0.15) is 0 Å². The standard InChI is InChI=1S/C26H24N6O/c1-15-5-8-22(28-13-15)23-12-25(31-30-23)29-19-7-6-16(2)20(11-19)21-10-18-14-27-17(3)9-24(18)32(4)26(21)33/h5-14H,1-4H3,(H2,29,30,31). The number of aromatic nitrogens is 5. The highest BCUT2D eigenvalue weighted by Gasteiger charge is 2.13. The van der Waals surface area contributed by atoms with Gasteiger partial charge in [0.2, 0.25) is 0 Å². The Bertz CT molecular complexity index is 1550. The van der Waals surface area contributed by atoms with E-state index in [9.17, 15) is 4.79 Å². The Morgan fingerprint density at radius 1 is 0.909 bits per heavy atom. The van der Waals surface area contributed by atoms with Crippen LogP contribution in [-0.2, 0) is 7.05 Å². The van der Waals surface area contributed by atoms with Crippen LogP contribution in [0.15, 0.2) is 65.7 Å². The number of aryl methyl sites for hydroxylation is 4. The molecule has 0 aliphatic rings. The Morgan fingerprint density at radius 3 is 2.55 bits per heavy atom. The molecule has 1 aromatic carbocycles. The zero-order chi connectivity index (χ0) is 23.1. The highest BCUT2D eigenvalue weighted by molar-refractivity contribution is 5.85. The molecule has 0 saturated heterocycles. The van der Waals surface area contributed by atoms with E-state index in [0.717, 1.165) is 50.4 Å². The lowest BCUT2D eigenvalue weighted by atomic mass is 9.99. The second-order valence-corrected chi connectivity index (χ2v) is 8.35. The minimum atomic E-state index is -0.0409. The first-order valence-corrected chi connectivity index (χ1v) is 10.7. The van der Waals surface area contributed by atoms with Gasteiger partial charge in [-0.15, -0.1) is 0 Å². The van der Waals surface area contributed by atoms with Crippen molar-refractivity contribution in [3.8, 4) is 22.5 Å². The van der Waals surface area contributed by atoms with Crippen molar-refractivity contribution in [2.75, 3.05) is 5.32 Å². The molecule has 0 aliphatic carbocycles. The fraction of sp³-hybridized carbons (Fsp3) is 0.154. The number of pyridine rings is 3. The second-order valence-electron chi connectivity index (χ2n) is 8.35. The van der Waals surface area contributed by atoms with Gasteiger partial charge >= 0.3 is 0 Å². The van der Waals surface area contributed by atoms with Gasteiger partial charge in [0.15, 0.2) is 5.82 Å². The van der Waals surface area contributed by atoms with Crippen LogP contribution in [0.5, 0.6) is 0 Å². The van der Waals surface area contributed by atoms with Crippen LogP contribution in [-0.4, -0.2) is 24.7 Å². The summed E-state index contributed by atoms with van der Waals surface area (Å²) < 4.78 is 1.69. The number of nitrogens with one attached hydrogen (secondary N) is 2. The Morgan fingerprint density at radius 2 is 1.76 bits per heavy atom. The third-order valence-corrected chi connectivity index (χ3v) is 5.81. The number of anilines is 2. The lowest BCUT2D eigenvalue weighted by molar-refractivity contribution is 0.905. The number of rotatable bonds is 4. The quantitative estimate of drug-likeness (QED) is 0.411. The molecule has 5 aromatic rings. The number of hydrogen-bond donors (Lipinski definition) is 2. The Kier molecular flexibility index (Phi) is 5.01. The van der Waals surface area contributed by atoms with Gasteiger partial charge in [-0.05, 0) is 67.8 Å². The number of H-pyrrole nitrogens is 1. The minimum absolute atomic E-state index is 0.0409. The minimum Gasteiger partial charge on any atom is -0.339 e. The molecule has 4 heterocycles. The SMILES string of the molecule is Cc1ccc(-c2cc(Nc3ccc(C)c(-c4cc5cnc(C)cc5n(C)c4=O)c3)n[nH]2)nc1. The topological polar surface area (TPSA) is 88.5 Å². The highest BCUT2D eigenvalue weighted by atomic mass is 16.1. The summed E-state index contributed by atoms with van der Waals surface area (Å²) in [6.45, 7) is 5.93. The third-order valence-electron chi connectivity index (χ3n) is 5.81. The normalized spacial score (nSPS) is 11.2. The average molecular weight is 437 g/mol. The van der Waals surface area contributed by atoms with Crippen LogP contribution in [0.1, 0.15) is 16.8 Å². The average Bonchev–Trinajstić information content (AvgIpc) is 3.27. The van der Waals surface area contributed by atoms with Crippen LogP contribution in [0.2, 0.25) is 0 Å². The molecule has 0 aliphatic heterocycles. The zero-order valence-corrected chi connectivity index (χ0v) is 19.0. The van der Waals surface area contributed by atoms with E-state index >= 15 is 0 Å². The first kappa shape index (κ1) is 20.6. The van der Waals surface area contributed by atoms with Gasteiger partial charge in [0, 0.05) is 47.8 Å². The van der Waals surface area contributed by atoms with Crippen molar-refractivity contribution in [1.29, 1.82) is 0 Å². The van der Waals surface area contributed by atoms with Gasteiger partial charge in [0.05, 0.1) is 16.9 Å². The van der Waals surface area contributed by atoms with E-state index in [2.05, 4.69) is 25.5 Å². The highest BCUT2D eigenvalue weighted by Crippen LogP contribution is 2.28. The van der Waals surface area contributed by atoms with Gasteiger partial charge in [-0.25, -0.2) is 0 Å². The van der Waals surface area contributed by atoms with E-state index in [1.165, 1.54) is 0 Å². The maximum absolute atomic E-state index is 13.2. The number of aromatic amines is 1. The summed E-state index contributed by atoms with van der Waals surface area (Å²) >= 11 is 0. The molecule has 164 valence electrons. The Hall–Kier alpha value is -4.26. The summed E-state index contributed by atoms with van der Waals surface area (Å²) in [5.41, 5.74) is 7.85. The molecule has 5 rings (SSSR count). The van der Waals surface area contributed by atoms with E-state index in [1.807, 2.05) is 81.7 Å². The summed E-state index contributed by atoms with van der Waals surface area (Å²) in [5, 5.41) is 11.7. The van der Waals surface area contributed by atoms with Crippen molar-refractivity contribution in [2.45, 2.75) is 20.8 Å². The maximum Gasteiger partial charge on any atom is 0.258 e. The second kappa shape index (κ2) is 8.02. The number of fused-ring (bicyclic) bond motifs is 1. The lowest BCUT2D eigenvalue weighted by Gasteiger charge is -2.13. The van der Waals surface area contributed by atoms with E-state index in [-0.39, 0.29) is 5.56 Å². The fourth-order valence-corrected chi connectivity index (χ4v) is 3.94. The molecule has 4 aromatic heterocycles. The Balaban J connectivity index is 1.51. The van der Waals surface area contributed by atoms with E-state index < -0.39 is 0 Å². The van der Waals surface area contributed by atoms with Crippen molar-refractivity contribution >= 4 is 22.4 Å². The van der Waals surface area contributed by atoms with Gasteiger partial charge in [-0.1, -0.05) is 12.1 Å². The number of hydrogen-bond acceptors (Lipinski definition) is 5. The van der Waals surface area contributed by atoms with E-state index in [1.54, 1.807) is 11.6 Å². The van der Waals surface area contributed by atoms with Crippen molar-refractivity contribution in [3.63, 3.8) is 0 Å². The molecule has 0 amide bonds. The molecule has 33 heavy (non-hydrogen) atoms. The smallest absolute Gasteiger partial charge is 0.258 e. The van der Waals surface area contributed by atoms with E-state index in [0.29, 0.717) is 11.4 Å². The maximum atomic E-state index is 13.2. The van der Waals surface area contributed by atoms with Crippen LogP contribution < -0.4 is 10.9 Å². The zero-order valence-electron chi connectivity index (χ0n) is 19.0. The van der Waals surface area contributed by atoms with Gasteiger partial charge in [-0.2, -0.15) is 5.10 Å². The Labute approximate surface area is 191 Å². The predicted octanol–water partition coefficient (Wildman–Crippen LogP) is 5.05. The summed E-state index contributed by atoms with van der Waals surface area (Å²) in [7, 11) is 1.80. The van der Waals surface area contributed by atoms with Crippen LogP contribution >= 0.6 is 0 Å². The molecule has 7 heteroatoms. The summed E-state index contributed by atoms with van der Waals surface area (Å²) in [4.78, 5) is 22.0. The molecule has 0 bridgehead atoms. The largest absolute Gasteiger partial charge is 0.339 e. The molecule has 0 radical (unpaired) electrons. The van der Waals surface area contributed by atoms with Gasteiger partial charge in [0.25, 0.3) is 5.56 Å². The van der Waals surface area contributed by atoms with E-state index in [4.69, 9.17) is 0 Å². The number of benzene rings is 1. The van der Waals surface area contributed by atoms with Crippen molar-refractivity contribution in [1.82, 2.24) is 24.7 Å². The summed E-state index contributed by atoms with van der Waals surface area (Å²) in [6, 6.07) is 15.7. The predicted molar refractivity (Wildman–Crippen MR) is 132 cm³/mol. The number of nitrogens with zero attached hydrogens (tertiary/aromatic N) is 4. The first-order chi connectivity index (χ1) is 15.9. The molecule has 2 N–H and O–H groups in total. The first-order valence-electron chi connectivity index (χ1n) is 10.7. The van der Waals surface area contributed by atoms with Crippen LogP contribution in [0.25, 0.3) is 33.4 Å². The van der Waals surface area contributed by atoms with Crippen molar-refractivity contribution in [3.05, 3.63) is 88.1 Å². The molecule has 0 spiro atoms. The molecular formula is C26H24N6O. The van der Waals surface area contributed by atoms with Crippen molar-refractivity contribution in [2.24, 2.45) is 7.05 Å². The van der Waals surface area contributed by atoms with Gasteiger partial charge < -0.3 is 9.88 Å².